The lowest BCUT2D eigenvalue weighted by atomic mass is 10.5. The highest BCUT2D eigenvalue weighted by Gasteiger charge is 1.84. The number of aromatic amines is 1. The van der Waals surface area contributed by atoms with Crippen LogP contribution in [0.4, 0.5) is 4.79 Å². The summed E-state index contributed by atoms with van der Waals surface area (Å²) in [6, 6.07) is 4.93. The first-order valence-corrected chi connectivity index (χ1v) is 3.12. The first-order valence-electron chi connectivity index (χ1n) is 3.12. The van der Waals surface area contributed by atoms with Crippen molar-refractivity contribution in [3.8, 4) is 0 Å². The third-order valence-electron chi connectivity index (χ3n) is 0.822. The van der Waals surface area contributed by atoms with Crippen LogP contribution >= 0.6 is 0 Å². The number of pyridine rings is 1. The molecule has 0 saturated carbocycles. The molecule has 0 radical (unpaired) electrons. The van der Waals surface area contributed by atoms with Crippen LogP contribution in [-0.4, -0.2) is 16.2 Å². The molecular formula is C6H7N3O4. The van der Waals surface area contributed by atoms with Crippen molar-refractivity contribution in [3.05, 3.63) is 39.7 Å². The second-order valence-electron chi connectivity index (χ2n) is 1.74. The minimum absolute atomic E-state index is 0.0532. The van der Waals surface area contributed by atoms with Gasteiger partial charge in [-0.2, -0.15) is 5.43 Å². The van der Waals surface area contributed by atoms with Crippen molar-refractivity contribution in [2.24, 2.45) is 5.29 Å². The minimum Gasteiger partial charge on any atom is -0.464 e. The summed E-state index contributed by atoms with van der Waals surface area (Å²) in [5, 5.41) is 9.34. The molecular weight excluding hydrogens is 178 g/mol. The predicted molar refractivity (Wildman–Crippen MR) is 44.0 cm³/mol. The molecule has 1 rings (SSSR count). The quantitative estimate of drug-likeness (QED) is 0.431. The molecule has 0 aliphatic heterocycles. The molecule has 1 heterocycles. The van der Waals surface area contributed by atoms with E-state index in [0.29, 0.717) is 0 Å². The van der Waals surface area contributed by atoms with Crippen molar-refractivity contribution < 1.29 is 9.90 Å². The van der Waals surface area contributed by atoms with Gasteiger partial charge in [-0.25, -0.2) is 4.79 Å². The molecule has 0 fully saturated rings. The van der Waals surface area contributed by atoms with Gasteiger partial charge >= 0.3 is 6.09 Å². The van der Waals surface area contributed by atoms with Gasteiger partial charge in [0.2, 0.25) is 5.56 Å². The van der Waals surface area contributed by atoms with Gasteiger partial charge in [0.25, 0.3) is 0 Å². The topological polar surface area (TPSA) is 112 Å². The van der Waals surface area contributed by atoms with Crippen LogP contribution in [0.2, 0.25) is 0 Å². The summed E-state index contributed by atoms with van der Waals surface area (Å²) in [6.07, 6.45) is 0.160. The summed E-state index contributed by atoms with van der Waals surface area (Å²) < 4.78 is 0. The summed E-state index contributed by atoms with van der Waals surface area (Å²) in [5.41, 5.74) is 1.14. The van der Waals surface area contributed by atoms with E-state index in [1.54, 1.807) is 18.3 Å². The fraction of sp³-hybridized carbons (Fsp3) is 0. The Kier molecular flexibility index (Phi) is 5.43. The zero-order chi connectivity index (χ0) is 10.1. The van der Waals surface area contributed by atoms with E-state index >= 15 is 0 Å². The summed E-state index contributed by atoms with van der Waals surface area (Å²) in [7, 11) is 0. The van der Waals surface area contributed by atoms with Gasteiger partial charge in [0.15, 0.2) is 0 Å². The number of carbonyl (C=O) groups is 1. The maximum absolute atomic E-state index is 10.2. The molecule has 0 saturated heterocycles. The number of nitrogens with one attached hydrogen (secondary N) is 2. The molecule has 0 atom stereocenters. The normalized spacial score (nSPS) is 7.69. The lowest BCUT2D eigenvalue weighted by Gasteiger charge is -1.76. The molecule has 1 amide bonds. The van der Waals surface area contributed by atoms with Crippen molar-refractivity contribution in [3.63, 3.8) is 0 Å². The van der Waals surface area contributed by atoms with Crippen LogP contribution in [0, 0.1) is 4.91 Å². The highest BCUT2D eigenvalue weighted by atomic mass is 16.4. The number of hydrogen-bond acceptors (Lipinski definition) is 4. The van der Waals surface area contributed by atoms with Crippen molar-refractivity contribution in [2.75, 3.05) is 0 Å². The fourth-order valence-corrected chi connectivity index (χ4v) is 0.416. The van der Waals surface area contributed by atoms with E-state index in [0.717, 1.165) is 0 Å². The molecule has 0 unspecified atom stereocenters. The number of amides is 1. The van der Waals surface area contributed by atoms with Crippen LogP contribution in [0.15, 0.2) is 34.5 Å². The number of aromatic nitrogens is 1. The molecule has 0 aliphatic rings. The molecule has 0 bridgehead atoms. The molecule has 1 aromatic heterocycles. The van der Waals surface area contributed by atoms with Gasteiger partial charge in [0, 0.05) is 12.3 Å². The molecule has 7 heteroatoms. The Morgan fingerprint density at radius 2 is 2.23 bits per heavy atom. The van der Waals surface area contributed by atoms with Crippen molar-refractivity contribution in [2.45, 2.75) is 0 Å². The predicted octanol–water partition coefficient (Wildman–Crippen LogP) is 0.310. The van der Waals surface area contributed by atoms with Crippen LogP contribution < -0.4 is 11.0 Å². The van der Waals surface area contributed by atoms with Gasteiger partial charge < -0.3 is 10.1 Å². The monoisotopic (exact) mass is 185 g/mol. The maximum Gasteiger partial charge on any atom is 0.427 e. The third-order valence-corrected chi connectivity index (χ3v) is 0.822. The first kappa shape index (κ1) is 10.8. The summed E-state index contributed by atoms with van der Waals surface area (Å²) in [4.78, 5) is 30.8. The number of rotatable bonds is 1. The van der Waals surface area contributed by atoms with E-state index < -0.39 is 6.09 Å². The van der Waals surface area contributed by atoms with Gasteiger partial charge in [-0.05, 0) is 6.07 Å². The fourth-order valence-electron chi connectivity index (χ4n) is 0.416. The molecule has 0 aromatic carbocycles. The van der Waals surface area contributed by atoms with Crippen LogP contribution in [-0.2, 0) is 0 Å². The molecule has 7 nitrogen and oxygen atoms in total. The van der Waals surface area contributed by atoms with Crippen LogP contribution in [0.3, 0.4) is 0 Å². The third kappa shape index (κ3) is 7.72. The minimum atomic E-state index is -1.44. The average molecular weight is 185 g/mol. The Balaban J connectivity index is 0.000000226. The number of H-pyrrole nitrogens is 1. The zero-order valence-electron chi connectivity index (χ0n) is 6.43. The van der Waals surface area contributed by atoms with E-state index in [1.807, 2.05) is 5.29 Å². The van der Waals surface area contributed by atoms with Crippen molar-refractivity contribution in [1.82, 2.24) is 10.4 Å². The van der Waals surface area contributed by atoms with Crippen LogP contribution in [0.1, 0.15) is 0 Å². The highest BCUT2D eigenvalue weighted by molar-refractivity contribution is 5.63. The first-order chi connectivity index (χ1) is 6.16. The Hall–Kier alpha value is -2.18. The second-order valence-corrected chi connectivity index (χ2v) is 1.74. The summed E-state index contributed by atoms with van der Waals surface area (Å²) in [6.45, 7) is 0. The van der Waals surface area contributed by atoms with Gasteiger partial charge in [-0.1, -0.05) is 6.07 Å². The van der Waals surface area contributed by atoms with Gasteiger partial charge in [-0.15, -0.1) is 4.91 Å². The van der Waals surface area contributed by atoms with Crippen LogP contribution in [0.5, 0.6) is 0 Å². The van der Waals surface area contributed by atoms with E-state index in [2.05, 4.69) is 4.98 Å². The molecule has 70 valence electrons. The van der Waals surface area contributed by atoms with Gasteiger partial charge in [0.1, 0.15) is 0 Å². The standard InChI is InChI=1S/C5H5NO.CH2N2O3/c7-5-3-1-2-4-6-5;4-1(5)2-3-6/h1-4H,(H,6,7);(H,2,6)(H,4,5). The van der Waals surface area contributed by atoms with E-state index in [1.165, 1.54) is 11.5 Å². The SMILES string of the molecule is O=NNC(=O)O.O=c1cccc[nH]1. The lowest BCUT2D eigenvalue weighted by molar-refractivity contribution is 0.195. The molecule has 1 aromatic rings. The number of nitroso groups, excluding NO2 is 1. The highest BCUT2D eigenvalue weighted by Crippen LogP contribution is 1.67. The Bertz CT molecular complexity index is 304. The zero-order valence-corrected chi connectivity index (χ0v) is 6.43. The number of hydrogen-bond donors (Lipinski definition) is 3. The Morgan fingerprint density at radius 3 is 2.38 bits per heavy atom. The van der Waals surface area contributed by atoms with E-state index in [-0.39, 0.29) is 5.56 Å². The number of nitrogens with zero attached hydrogens (tertiary/aromatic N) is 1. The summed E-state index contributed by atoms with van der Waals surface area (Å²) >= 11 is 0. The molecule has 0 spiro atoms. The largest absolute Gasteiger partial charge is 0.464 e. The van der Waals surface area contributed by atoms with Gasteiger partial charge in [-0.3, -0.25) is 4.79 Å². The summed E-state index contributed by atoms with van der Waals surface area (Å²) in [5.74, 6) is 0. The smallest absolute Gasteiger partial charge is 0.427 e. The Labute approximate surface area is 72.4 Å². The van der Waals surface area contributed by atoms with Crippen molar-refractivity contribution >= 4 is 6.09 Å². The number of carboxylic acid groups (broad SMARTS) is 1. The molecule has 13 heavy (non-hydrogen) atoms. The van der Waals surface area contributed by atoms with Crippen molar-refractivity contribution in [1.29, 1.82) is 0 Å². The van der Waals surface area contributed by atoms with Gasteiger partial charge in [0.05, 0.1) is 5.29 Å². The Morgan fingerprint density at radius 1 is 1.54 bits per heavy atom. The molecule has 3 N–H and O–H groups in total. The molecule has 0 aliphatic carbocycles. The maximum atomic E-state index is 10.2. The second kappa shape index (κ2) is 6.53. The van der Waals surface area contributed by atoms with E-state index in [4.69, 9.17) is 10.0 Å². The van der Waals surface area contributed by atoms with E-state index in [9.17, 15) is 9.59 Å². The average Bonchev–Trinajstić information content (AvgIpc) is 2.06. The van der Waals surface area contributed by atoms with Crippen LogP contribution in [0.25, 0.3) is 0 Å². The lowest BCUT2D eigenvalue weighted by Crippen LogP contribution is -2.11.